The average Bonchev–Trinajstić information content (AvgIpc) is 3.02. The molecular formula is C12H21NO4S. The van der Waals surface area contributed by atoms with E-state index < -0.39 is 27.2 Å². The average molecular weight is 275 g/mol. The number of rotatable bonds is 5. The Hall–Kier alpha value is -0.620. The number of hydrogen-bond donors (Lipinski definition) is 1. The lowest BCUT2D eigenvalue weighted by Gasteiger charge is -2.28. The Morgan fingerprint density at radius 2 is 1.89 bits per heavy atom. The highest BCUT2D eigenvalue weighted by molar-refractivity contribution is 7.89. The molecule has 0 aromatic heterocycles. The van der Waals surface area contributed by atoms with Gasteiger partial charge in [0.1, 0.15) is 0 Å². The van der Waals surface area contributed by atoms with Crippen molar-refractivity contribution in [3.63, 3.8) is 0 Å². The summed E-state index contributed by atoms with van der Waals surface area (Å²) in [7, 11) is -1.89. The molecule has 18 heavy (non-hydrogen) atoms. The van der Waals surface area contributed by atoms with E-state index in [9.17, 15) is 13.2 Å². The van der Waals surface area contributed by atoms with Crippen molar-refractivity contribution in [3.8, 4) is 0 Å². The van der Waals surface area contributed by atoms with Gasteiger partial charge in [-0.3, -0.25) is 4.79 Å². The van der Waals surface area contributed by atoms with Gasteiger partial charge in [0.15, 0.2) is 0 Å². The zero-order chi connectivity index (χ0) is 13.5. The van der Waals surface area contributed by atoms with Gasteiger partial charge in [-0.15, -0.1) is 0 Å². The molecule has 0 radical (unpaired) electrons. The molecule has 3 unspecified atom stereocenters. The van der Waals surface area contributed by atoms with Crippen molar-refractivity contribution in [2.75, 3.05) is 7.05 Å². The Bertz CT molecular complexity index is 429. The minimum atomic E-state index is -3.48. The van der Waals surface area contributed by atoms with Crippen LogP contribution in [0.1, 0.15) is 39.0 Å². The first-order valence-corrected chi connectivity index (χ1v) is 8.05. The van der Waals surface area contributed by atoms with Crippen LogP contribution in [0.2, 0.25) is 0 Å². The number of sulfonamides is 1. The van der Waals surface area contributed by atoms with Gasteiger partial charge in [-0.2, -0.15) is 0 Å². The zero-order valence-electron chi connectivity index (χ0n) is 10.9. The van der Waals surface area contributed by atoms with Gasteiger partial charge in [0.2, 0.25) is 10.0 Å². The molecule has 0 bridgehead atoms. The van der Waals surface area contributed by atoms with Gasteiger partial charge in [0.25, 0.3) is 0 Å². The Morgan fingerprint density at radius 1 is 1.28 bits per heavy atom. The molecule has 2 fully saturated rings. The van der Waals surface area contributed by atoms with E-state index in [0.717, 1.165) is 12.8 Å². The molecule has 2 aliphatic carbocycles. The van der Waals surface area contributed by atoms with Gasteiger partial charge in [0.05, 0.1) is 11.2 Å². The quantitative estimate of drug-likeness (QED) is 0.820. The van der Waals surface area contributed by atoms with E-state index in [1.807, 2.05) is 6.92 Å². The second kappa shape index (κ2) is 4.81. The van der Waals surface area contributed by atoms with Gasteiger partial charge < -0.3 is 5.11 Å². The molecule has 0 saturated heterocycles. The molecule has 0 aromatic carbocycles. The lowest BCUT2D eigenvalue weighted by Crippen LogP contribution is -2.44. The number of carboxylic acid groups (broad SMARTS) is 1. The SMILES string of the molecule is CC(C1CC1)N(C)S(=O)(=O)C1CCCC1C(=O)O. The lowest BCUT2D eigenvalue weighted by atomic mass is 10.1. The summed E-state index contributed by atoms with van der Waals surface area (Å²) in [5.74, 6) is -1.26. The van der Waals surface area contributed by atoms with Crippen LogP contribution in [-0.4, -0.2) is 42.1 Å². The molecule has 5 nitrogen and oxygen atoms in total. The third-order valence-corrected chi connectivity index (χ3v) is 6.90. The molecule has 0 spiro atoms. The van der Waals surface area contributed by atoms with Gasteiger partial charge >= 0.3 is 5.97 Å². The minimum Gasteiger partial charge on any atom is -0.481 e. The predicted octanol–water partition coefficient (Wildman–Crippen LogP) is 1.30. The number of carbonyl (C=O) groups is 1. The molecule has 0 aliphatic heterocycles. The summed E-state index contributed by atoms with van der Waals surface area (Å²) in [6.45, 7) is 1.92. The summed E-state index contributed by atoms with van der Waals surface area (Å²) in [6, 6.07) is -0.00922. The normalized spacial score (nSPS) is 30.6. The van der Waals surface area contributed by atoms with E-state index in [4.69, 9.17) is 5.11 Å². The van der Waals surface area contributed by atoms with Crippen molar-refractivity contribution < 1.29 is 18.3 Å². The Morgan fingerprint density at radius 3 is 2.39 bits per heavy atom. The fraction of sp³-hybridized carbons (Fsp3) is 0.917. The molecule has 104 valence electrons. The van der Waals surface area contributed by atoms with Crippen LogP contribution < -0.4 is 0 Å². The molecule has 2 aliphatic rings. The van der Waals surface area contributed by atoms with Crippen LogP contribution in [-0.2, 0) is 14.8 Å². The largest absolute Gasteiger partial charge is 0.481 e. The van der Waals surface area contributed by atoms with Crippen LogP contribution in [0.4, 0.5) is 0 Å². The minimum absolute atomic E-state index is 0.00922. The van der Waals surface area contributed by atoms with Crippen molar-refractivity contribution >= 4 is 16.0 Å². The van der Waals surface area contributed by atoms with Crippen LogP contribution >= 0.6 is 0 Å². The molecule has 6 heteroatoms. The topological polar surface area (TPSA) is 74.7 Å². The maximum atomic E-state index is 12.5. The highest BCUT2D eigenvalue weighted by Gasteiger charge is 2.46. The van der Waals surface area contributed by atoms with Gasteiger partial charge in [-0.25, -0.2) is 12.7 Å². The monoisotopic (exact) mass is 275 g/mol. The first-order valence-electron chi connectivity index (χ1n) is 6.55. The second-order valence-electron chi connectivity index (χ2n) is 5.55. The van der Waals surface area contributed by atoms with E-state index in [2.05, 4.69) is 0 Å². The van der Waals surface area contributed by atoms with Crippen molar-refractivity contribution in [2.24, 2.45) is 11.8 Å². The molecule has 0 aromatic rings. The molecule has 0 amide bonds. The highest BCUT2D eigenvalue weighted by Crippen LogP contribution is 2.38. The molecule has 2 saturated carbocycles. The molecule has 2 rings (SSSR count). The predicted molar refractivity (Wildman–Crippen MR) is 67.6 cm³/mol. The third kappa shape index (κ3) is 2.40. The fourth-order valence-electron chi connectivity index (χ4n) is 2.89. The van der Waals surface area contributed by atoms with Crippen LogP contribution in [0.5, 0.6) is 0 Å². The van der Waals surface area contributed by atoms with E-state index in [-0.39, 0.29) is 6.04 Å². The molecule has 0 heterocycles. The summed E-state index contributed by atoms with van der Waals surface area (Å²) in [6.07, 6.45) is 3.79. The number of carboxylic acids is 1. The number of hydrogen-bond acceptors (Lipinski definition) is 3. The summed E-state index contributed by atoms with van der Waals surface area (Å²) in [4.78, 5) is 11.1. The van der Waals surface area contributed by atoms with Crippen LogP contribution in [0.15, 0.2) is 0 Å². The molecule has 1 N–H and O–H groups in total. The van der Waals surface area contributed by atoms with E-state index in [1.165, 1.54) is 4.31 Å². The molecule has 3 atom stereocenters. The number of aliphatic carboxylic acids is 1. The first kappa shape index (κ1) is 13.8. The zero-order valence-corrected chi connectivity index (χ0v) is 11.7. The lowest BCUT2D eigenvalue weighted by molar-refractivity contribution is -0.141. The summed E-state index contributed by atoms with van der Waals surface area (Å²) < 4.78 is 26.4. The van der Waals surface area contributed by atoms with E-state index >= 15 is 0 Å². The maximum absolute atomic E-state index is 12.5. The van der Waals surface area contributed by atoms with Crippen molar-refractivity contribution in [2.45, 2.75) is 50.3 Å². The van der Waals surface area contributed by atoms with Crippen LogP contribution in [0, 0.1) is 11.8 Å². The Kier molecular flexibility index (Phi) is 3.69. The highest BCUT2D eigenvalue weighted by atomic mass is 32.2. The Labute approximate surface area is 108 Å². The van der Waals surface area contributed by atoms with Crippen molar-refractivity contribution in [3.05, 3.63) is 0 Å². The summed E-state index contributed by atoms with van der Waals surface area (Å²) in [5, 5.41) is 8.37. The van der Waals surface area contributed by atoms with Gasteiger partial charge in [-0.1, -0.05) is 6.42 Å². The summed E-state index contributed by atoms with van der Waals surface area (Å²) >= 11 is 0. The van der Waals surface area contributed by atoms with Gasteiger partial charge in [-0.05, 0) is 38.5 Å². The Balaban J connectivity index is 2.16. The van der Waals surface area contributed by atoms with Crippen LogP contribution in [0.3, 0.4) is 0 Å². The maximum Gasteiger partial charge on any atom is 0.307 e. The van der Waals surface area contributed by atoms with Crippen molar-refractivity contribution in [1.29, 1.82) is 0 Å². The number of nitrogens with zero attached hydrogens (tertiary/aromatic N) is 1. The first-order chi connectivity index (χ1) is 8.35. The fourth-order valence-corrected chi connectivity index (χ4v) is 5.08. The third-order valence-electron chi connectivity index (χ3n) is 4.43. The van der Waals surface area contributed by atoms with Crippen LogP contribution in [0.25, 0.3) is 0 Å². The second-order valence-corrected chi connectivity index (χ2v) is 7.76. The summed E-state index contributed by atoms with van der Waals surface area (Å²) in [5.41, 5.74) is 0. The molecular weight excluding hydrogens is 254 g/mol. The smallest absolute Gasteiger partial charge is 0.307 e. The van der Waals surface area contributed by atoms with E-state index in [0.29, 0.717) is 25.2 Å². The standard InChI is InChI=1S/C12H21NO4S/c1-8(9-6-7-9)13(2)18(16,17)11-5-3-4-10(11)12(14)15/h8-11H,3-7H2,1-2H3,(H,14,15). The van der Waals surface area contributed by atoms with Crippen molar-refractivity contribution in [1.82, 2.24) is 4.31 Å². The van der Waals surface area contributed by atoms with E-state index in [1.54, 1.807) is 7.05 Å². The van der Waals surface area contributed by atoms with Gasteiger partial charge in [0, 0.05) is 13.1 Å².